The molecule has 0 spiro atoms. The molecule has 0 heterocycles. The van der Waals surface area contributed by atoms with E-state index in [9.17, 15) is 9.59 Å². The average Bonchev–Trinajstić information content (AvgIpc) is 2.87. The van der Waals surface area contributed by atoms with Crippen LogP contribution in [0.4, 0.5) is 0 Å². The van der Waals surface area contributed by atoms with Crippen LogP contribution in [0.25, 0.3) is 0 Å². The summed E-state index contributed by atoms with van der Waals surface area (Å²) in [7, 11) is 0. The monoisotopic (exact) mass is 376 g/mol. The zero-order valence-corrected chi connectivity index (χ0v) is 15.8. The Labute approximate surface area is 161 Å². The number of carbonyl (C=O) groups is 2. The highest BCUT2D eigenvalue weighted by Crippen LogP contribution is 2.53. The fourth-order valence-corrected chi connectivity index (χ4v) is 5.91. The van der Waals surface area contributed by atoms with Crippen LogP contribution in [0, 0.1) is 6.92 Å². The van der Waals surface area contributed by atoms with E-state index >= 15 is 0 Å². The molecule has 3 aromatic rings. The fourth-order valence-electron chi connectivity index (χ4n) is 3.12. The molecule has 0 fully saturated rings. The lowest BCUT2D eigenvalue weighted by Crippen LogP contribution is -2.34. The smallest absolute Gasteiger partial charge is 0.198 e. The van der Waals surface area contributed by atoms with Crippen molar-refractivity contribution in [1.82, 2.24) is 0 Å². The van der Waals surface area contributed by atoms with Crippen LogP contribution in [0.5, 0.6) is 0 Å². The minimum atomic E-state index is -1.23. The van der Waals surface area contributed by atoms with Gasteiger partial charge >= 0.3 is 0 Å². The molecule has 0 aromatic heterocycles. The predicted molar refractivity (Wildman–Crippen MR) is 107 cm³/mol. The van der Waals surface area contributed by atoms with E-state index in [0.717, 1.165) is 15.4 Å². The molecule has 0 saturated heterocycles. The molecule has 0 bridgehead atoms. The van der Waals surface area contributed by atoms with Crippen molar-refractivity contribution in [3.8, 4) is 0 Å². The molecule has 2 nitrogen and oxygen atoms in total. The maximum absolute atomic E-state index is 13.5. The molecule has 128 valence electrons. The number of carbonyl (C=O) groups excluding carboxylic acids is 2. The highest BCUT2D eigenvalue weighted by molar-refractivity contribution is 8.20. The third kappa shape index (κ3) is 2.79. The van der Waals surface area contributed by atoms with Gasteiger partial charge in [-0.3, -0.25) is 9.59 Å². The van der Waals surface area contributed by atoms with E-state index in [0.29, 0.717) is 11.1 Å². The Kier molecular flexibility index (Phi) is 4.47. The van der Waals surface area contributed by atoms with Crippen LogP contribution in [0.1, 0.15) is 26.3 Å². The lowest BCUT2D eigenvalue weighted by Gasteiger charge is -2.24. The summed E-state index contributed by atoms with van der Waals surface area (Å²) in [5.74, 6) is -0.234. The third-order valence-electron chi connectivity index (χ3n) is 4.35. The first kappa shape index (κ1) is 17.1. The van der Waals surface area contributed by atoms with Gasteiger partial charge in [0.2, 0.25) is 0 Å². The first-order valence-corrected chi connectivity index (χ1v) is 9.92. The van der Waals surface area contributed by atoms with Gasteiger partial charge in [-0.2, -0.15) is 0 Å². The molecule has 0 unspecified atom stereocenters. The molecule has 1 aliphatic carbocycles. The van der Waals surface area contributed by atoms with Crippen LogP contribution < -0.4 is 0 Å². The molecule has 0 N–H and O–H groups in total. The van der Waals surface area contributed by atoms with E-state index in [4.69, 9.17) is 0 Å². The van der Waals surface area contributed by atoms with E-state index in [-0.39, 0.29) is 11.6 Å². The summed E-state index contributed by atoms with van der Waals surface area (Å²) in [6.45, 7) is 1.89. The molecule has 4 rings (SSSR count). The summed E-state index contributed by atoms with van der Waals surface area (Å²) in [4.78, 5) is 28.7. The van der Waals surface area contributed by atoms with Gasteiger partial charge in [0.25, 0.3) is 0 Å². The molecular formula is C22H16O2S2. The van der Waals surface area contributed by atoms with Gasteiger partial charge in [0.15, 0.2) is 15.6 Å². The highest BCUT2D eigenvalue weighted by atomic mass is 32.2. The van der Waals surface area contributed by atoms with Crippen LogP contribution in [0.2, 0.25) is 0 Å². The van der Waals surface area contributed by atoms with Gasteiger partial charge in [0, 0.05) is 20.9 Å². The Morgan fingerprint density at radius 1 is 0.654 bits per heavy atom. The quantitative estimate of drug-likeness (QED) is 0.435. The molecule has 1 aliphatic rings. The van der Waals surface area contributed by atoms with Crippen LogP contribution in [-0.2, 0) is 0 Å². The normalized spacial score (nSPS) is 15.1. The van der Waals surface area contributed by atoms with Crippen molar-refractivity contribution in [2.24, 2.45) is 0 Å². The maximum atomic E-state index is 13.5. The number of hydrogen-bond acceptors (Lipinski definition) is 4. The van der Waals surface area contributed by atoms with Gasteiger partial charge in [0.1, 0.15) is 0 Å². The number of hydrogen-bond donors (Lipinski definition) is 0. The molecule has 0 amide bonds. The first-order valence-electron chi connectivity index (χ1n) is 8.29. The third-order valence-corrected chi connectivity index (χ3v) is 7.18. The summed E-state index contributed by atoms with van der Waals surface area (Å²) in [5.41, 5.74) is 1.94. The standard InChI is InChI=1S/C22H16O2S2/c1-15-9-8-14-18-19(15)21(24)22(20(18)23,25-16-10-4-2-5-11-16)26-17-12-6-3-7-13-17/h2-14H,1H3. The van der Waals surface area contributed by atoms with Crippen molar-refractivity contribution >= 4 is 35.1 Å². The molecule has 4 heteroatoms. The number of ketones is 2. The lowest BCUT2D eigenvalue weighted by atomic mass is 10.0. The number of rotatable bonds is 4. The Hall–Kier alpha value is -2.30. The van der Waals surface area contributed by atoms with Crippen molar-refractivity contribution in [3.63, 3.8) is 0 Å². The second kappa shape index (κ2) is 6.78. The number of fused-ring (bicyclic) bond motifs is 1. The zero-order chi connectivity index (χ0) is 18.1. The second-order valence-corrected chi connectivity index (χ2v) is 8.94. The van der Waals surface area contributed by atoms with Crippen molar-refractivity contribution in [2.45, 2.75) is 20.8 Å². The number of thioether (sulfide) groups is 2. The Morgan fingerprint density at radius 3 is 1.69 bits per heavy atom. The zero-order valence-electron chi connectivity index (χ0n) is 14.1. The Bertz CT molecular complexity index is 940. The van der Waals surface area contributed by atoms with Crippen LogP contribution in [-0.4, -0.2) is 15.6 Å². The van der Waals surface area contributed by atoms with Gasteiger partial charge in [-0.05, 0) is 36.8 Å². The number of benzene rings is 3. The highest BCUT2D eigenvalue weighted by Gasteiger charge is 2.55. The Balaban J connectivity index is 1.85. The van der Waals surface area contributed by atoms with Gasteiger partial charge in [0.05, 0.1) is 0 Å². The van der Waals surface area contributed by atoms with Crippen molar-refractivity contribution < 1.29 is 9.59 Å². The number of Topliss-reactive ketones (excluding diaryl/α,β-unsaturated/α-hetero) is 2. The van der Waals surface area contributed by atoms with Crippen molar-refractivity contribution in [3.05, 3.63) is 95.6 Å². The fraction of sp³-hybridized carbons (Fsp3) is 0.0909. The van der Waals surface area contributed by atoms with Gasteiger partial charge in [-0.1, -0.05) is 78.1 Å². The van der Waals surface area contributed by atoms with Crippen LogP contribution >= 0.6 is 23.5 Å². The average molecular weight is 377 g/mol. The maximum Gasteiger partial charge on any atom is 0.198 e. The van der Waals surface area contributed by atoms with E-state index in [1.54, 1.807) is 6.07 Å². The largest absolute Gasteiger partial charge is 0.291 e. The SMILES string of the molecule is Cc1cccc2c1C(=O)C(Sc1ccccc1)(Sc1ccccc1)C2=O. The van der Waals surface area contributed by atoms with Crippen molar-refractivity contribution in [2.75, 3.05) is 0 Å². The van der Waals surface area contributed by atoms with Gasteiger partial charge in [-0.15, -0.1) is 0 Å². The molecular weight excluding hydrogens is 360 g/mol. The second-order valence-electron chi connectivity index (χ2n) is 6.10. The molecule has 0 aliphatic heterocycles. The van der Waals surface area contributed by atoms with Gasteiger partial charge < -0.3 is 0 Å². The van der Waals surface area contributed by atoms with E-state index in [1.165, 1.54) is 23.5 Å². The lowest BCUT2D eigenvalue weighted by molar-refractivity contribution is 0.0916. The topological polar surface area (TPSA) is 34.1 Å². The molecule has 0 atom stereocenters. The molecule has 0 saturated carbocycles. The first-order chi connectivity index (χ1) is 12.6. The molecule has 3 aromatic carbocycles. The van der Waals surface area contributed by atoms with E-state index < -0.39 is 4.08 Å². The van der Waals surface area contributed by atoms with Crippen molar-refractivity contribution in [1.29, 1.82) is 0 Å². The summed E-state index contributed by atoms with van der Waals surface area (Å²) >= 11 is 2.68. The Morgan fingerprint density at radius 2 is 1.19 bits per heavy atom. The number of aryl methyl sites for hydroxylation is 1. The minimum absolute atomic E-state index is 0.113. The summed E-state index contributed by atoms with van der Waals surface area (Å²) < 4.78 is -1.23. The van der Waals surface area contributed by atoms with E-state index in [2.05, 4.69) is 0 Å². The van der Waals surface area contributed by atoms with Crippen LogP contribution in [0.3, 0.4) is 0 Å². The van der Waals surface area contributed by atoms with Crippen LogP contribution in [0.15, 0.2) is 88.7 Å². The summed E-state index contributed by atoms with van der Waals surface area (Å²) in [6.07, 6.45) is 0. The molecule has 26 heavy (non-hydrogen) atoms. The minimum Gasteiger partial charge on any atom is -0.291 e. The summed E-state index contributed by atoms with van der Waals surface area (Å²) in [5, 5.41) is 0. The van der Waals surface area contributed by atoms with E-state index in [1.807, 2.05) is 79.7 Å². The summed E-state index contributed by atoms with van der Waals surface area (Å²) in [6, 6.07) is 24.8. The predicted octanol–water partition coefficient (Wildman–Crippen LogP) is 5.65. The van der Waals surface area contributed by atoms with Gasteiger partial charge in [-0.25, -0.2) is 0 Å². The molecule has 0 radical (unpaired) electrons.